The molecule has 1 saturated heterocycles. The minimum Gasteiger partial charge on any atom is -0.410 e. The minimum atomic E-state index is -0.284. The molecule has 1 aromatic carbocycles. The van der Waals surface area contributed by atoms with E-state index in [1.807, 2.05) is 14.0 Å². The van der Waals surface area contributed by atoms with Crippen LogP contribution in [-0.2, 0) is 0 Å². The number of aryl methyl sites for hydroxylation is 1. The van der Waals surface area contributed by atoms with E-state index in [-0.39, 0.29) is 6.09 Å². The van der Waals surface area contributed by atoms with Gasteiger partial charge in [-0.1, -0.05) is 11.6 Å². The van der Waals surface area contributed by atoms with Gasteiger partial charge in [0.05, 0.1) is 0 Å². The highest BCUT2D eigenvalue weighted by Gasteiger charge is 2.21. The number of hydrogen-bond acceptors (Lipinski definition) is 3. The highest BCUT2D eigenvalue weighted by molar-refractivity contribution is 6.30. The van der Waals surface area contributed by atoms with Crippen molar-refractivity contribution in [1.29, 1.82) is 0 Å². The second-order valence-corrected chi connectivity index (χ2v) is 5.00. The normalized spacial score (nSPS) is 16.7. The van der Waals surface area contributed by atoms with Crippen molar-refractivity contribution in [3.63, 3.8) is 0 Å². The molecule has 18 heavy (non-hydrogen) atoms. The lowest BCUT2D eigenvalue weighted by Gasteiger charge is -2.31. The van der Waals surface area contributed by atoms with Crippen molar-refractivity contribution >= 4 is 17.7 Å². The van der Waals surface area contributed by atoms with Crippen molar-refractivity contribution in [2.24, 2.45) is 0 Å². The van der Waals surface area contributed by atoms with E-state index in [1.165, 1.54) is 0 Å². The number of carbonyl (C=O) groups is 1. The zero-order valence-corrected chi connectivity index (χ0v) is 11.4. The molecule has 4 nitrogen and oxygen atoms in total. The highest BCUT2D eigenvalue weighted by Crippen LogP contribution is 2.22. The molecule has 0 unspecified atom stereocenters. The lowest BCUT2D eigenvalue weighted by molar-refractivity contribution is 0.120. The predicted octanol–water partition coefficient (Wildman–Crippen LogP) is 2.39. The van der Waals surface area contributed by atoms with Crippen LogP contribution >= 0.6 is 11.6 Å². The fourth-order valence-electron chi connectivity index (χ4n) is 1.87. The van der Waals surface area contributed by atoms with Crippen LogP contribution in [0.2, 0.25) is 5.02 Å². The Kier molecular flexibility index (Phi) is 4.09. The van der Waals surface area contributed by atoms with Crippen molar-refractivity contribution in [2.45, 2.75) is 6.92 Å². The summed E-state index contributed by atoms with van der Waals surface area (Å²) >= 11 is 5.86. The zero-order valence-electron chi connectivity index (χ0n) is 10.6. The van der Waals surface area contributed by atoms with Crippen LogP contribution in [0, 0.1) is 6.92 Å². The van der Waals surface area contributed by atoms with Crippen LogP contribution in [0.25, 0.3) is 0 Å². The summed E-state index contributed by atoms with van der Waals surface area (Å²) in [6.07, 6.45) is -0.284. The average molecular weight is 269 g/mol. The molecule has 1 amide bonds. The molecule has 1 aromatic rings. The largest absolute Gasteiger partial charge is 0.415 e. The Hall–Kier alpha value is -1.26. The third-order valence-electron chi connectivity index (χ3n) is 3.10. The van der Waals surface area contributed by atoms with Gasteiger partial charge in [-0.2, -0.15) is 0 Å². The van der Waals surface area contributed by atoms with E-state index in [1.54, 1.807) is 23.1 Å². The van der Waals surface area contributed by atoms with Crippen LogP contribution in [0.1, 0.15) is 5.56 Å². The maximum absolute atomic E-state index is 12.0. The van der Waals surface area contributed by atoms with Crippen molar-refractivity contribution in [2.75, 3.05) is 33.2 Å². The third kappa shape index (κ3) is 3.15. The summed E-state index contributed by atoms with van der Waals surface area (Å²) < 4.78 is 5.38. The summed E-state index contributed by atoms with van der Waals surface area (Å²) in [6.45, 7) is 5.06. The number of likely N-dealkylation sites (N-methyl/N-ethyl adjacent to an activating group) is 1. The monoisotopic (exact) mass is 268 g/mol. The number of halogens is 1. The minimum absolute atomic E-state index is 0.284. The number of piperazine rings is 1. The Labute approximate surface area is 112 Å². The molecule has 0 aromatic heterocycles. The van der Waals surface area contributed by atoms with Gasteiger partial charge < -0.3 is 14.5 Å². The maximum atomic E-state index is 12.0. The van der Waals surface area contributed by atoms with E-state index in [9.17, 15) is 4.79 Å². The Morgan fingerprint density at radius 1 is 1.28 bits per heavy atom. The van der Waals surface area contributed by atoms with Crippen molar-refractivity contribution in [3.8, 4) is 5.75 Å². The number of amides is 1. The Morgan fingerprint density at radius 2 is 1.94 bits per heavy atom. The molecule has 5 heteroatoms. The molecule has 1 heterocycles. The van der Waals surface area contributed by atoms with Gasteiger partial charge in [0.15, 0.2) is 0 Å². The molecule has 0 bridgehead atoms. The molecule has 0 radical (unpaired) electrons. The van der Waals surface area contributed by atoms with E-state index >= 15 is 0 Å². The summed E-state index contributed by atoms with van der Waals surface area (Å²) in [5, 5.41) is 0.645. The number of benzene rings is 1. The molecule has 0 aliphatic carbocycles. The Bertz CT molecular complexity index is 443. The standard InChI is InChI=1S/C13H17ClN2O2/c1-10-9-11(14)3-4-12(10)18-13(17)16-7-5-15(2)6-8-16/h3-4,9H,5-8H2,1-2H3. The van der Waals surface area contributed by atoms with E-state index in [4.69, 9.17) is 16.3 Å². The average Bonchev–Trinajstić information content (AvgIpc) is 2.33. The molecule has 0 atom stereocenters. The lowest BCUT2D eigenvalue weighted by atomic mass is 10.2. The van der Waals surface area contributed by atoms with Gasteiger partial charge in [-0.3, -0.25) is 0 Å². The number of carbonyl (C=O) groups excluding carboxylic acids is 1. The molecule has 2 rings (SSSR count). The van der Waals surface area contributed by atoms with E-state index in [2.05, 4.69) is 4.90 Å². The number of nitrogens with zero attached hydrogens (tertiary/aromatic N) is 2. The van der Waals surface area contributed by atoms with Crippen LogP contribution in [-0.4, -0.2) is 49.1 Å². The maximum Gasteiger partial charge on any atom is 0.415 e. The van der Waals surface area contributed by atoms with E-state index in [0.717, 1.165) is 18.7 Å². The molecule has 1 fully saturated rings. The van der Waals surface area contributed by atoms with Crippen LogP contribution in [0.5, 0.6) is 5.75 Å². The summed E-state index contributed by atoms with van der Waals surface area (Å²) in [6, 6.07) is 5.24. The highest BCUT2D eigenvalue weighted by atomic mass is 35.5. The first-order valence-electron chi connectivity index (χ1n) is 5.98. The lowest BCUT2D eigenvalue weighted by Crippen LogP contribution is -2.48. The van der Waals surface area contributed by atoms with Gasteiger partial charge in [0.25, 0.3) is 0 Å². The van der Waals surface area contributed by atoms with Crippen LogP contribution in [0.3, 0.4) is 0 Å². The van der Waals surface area contributed by atoms with E-state index < -0.39 is 0 Å². The summed E-state index contributed by atoms with van der Waals surface area (Å²) in [5.41, 5.74) is 0.866. The fraction of sp³-hybridized carbons (Fsp3) is 0.462. The fourth-order valence-corrected chi connectivity index (χ4v) is 2.10. The smallest absolute Gasteiger partial charge is 0.410 e. The molecular weight excluding hydrogens is 252 g/mol. The first-order chi connectivity index (χ1) is 8.56. The van der Waals surface area contributed by atoms with Gasteiger partial charge in [0, 0.05) is 31.2 Å². The predicted molar refractivity (Wildman–Crippen MR) is 71.3 cm³/mol. The third-order valence-corrected chi connectivity index (χ3v) is 3.33. The molecule has 0 saturated carbocycles. The van der Waals surface area contributed by atoms with Gasteiger partial charge in [0.1, 0.15) is 5.75 Å². The zero-order chi connectivity index (χ0) is 13.1. The second-order valence-electron chi connectivity index (χ2n) is 4.57. The first-order valence-corrected chi connectivity index (χ1v) is 6.35. The van der Waals surface area contributed by atoms with Gasteiger partial charge >= 0.3 is 6.09 Å². The molecule has 0 N–H and O–H groups in total. The topological polar surface area (TPSA) is 32.8 Å². The number of ether oxygens (including phenoxy) is 1. The summed E-state index contributed by atoms with van der Waals surface area (Å²) in [5.74, 6) is 0.573. The van der Waals surface area contributed by atoms with Crippen LogP contribution in [0.4, 0.5) is 4.79 Å². The van der Waals surface area contributed by atoms with Crippen molar-refractivity contribution in [1.82, 2.24) is 9.80 Å². The number of hydrogen-bond donors (Lipinski definition) is 0. The Balaban J connectivity index is 1.98. The molecule has 98 valence electrons. The van der Waals surface area contributed by atoms with Gasteiger partial charge in [-0.25, -0.2) is 4.79 Å². The quantitative estimate of drug-likeness (QED) is 0.784. The molecule has 1 aliphatic heterocycles. The van der Waals surface area contributed by atoms with E-state index in [0.29, 0.717) is 23.9 Å². The second kappa shape index (κ2) is 5.59. The van der Waals surface area contributed by atoms with Crippen molar-refractivity contribution < 1.29 is 9.53 Å². The Morgan fingerprint density at radius 3 is 2.56 bits per heavy atom. The van der Waals surface area contributed by atoms with Crippen LogP contribution < -0.4 is 4.74 Å². The number of rotatable bonds is 1. The van der Waals surface area contributed by atoms with Gasteiger partial charge in [-0.05, 0) is 37.7 Å². The van der Waals surface area contributed by atoms with Gasteiger partial charge in [0.2, 0.25) is 0 Å². The van der Waals surface area contributed by atoms with Crippen LogP contribution in [0.15, 0.2) is 18.2 Å². The summed E-state index contributed by atoms with van der Waals surface area (Å²) in [4.78, 5) is 15.9. The SMILES string of the molecule is Cc1cc(Cl)ccc1OC(=O)N1CCN(C)CC1. The van der Waals surface area contributed by atoms with Gasteiger partial charge in [-0.15, -0.1) is 0 Å². The summed E-state index contributed by atoms with van der Waals surface area (Å²) in [7, 11) is 2.05. The molecule has 1 aliphatic rings. The molecule has 0 spiro atoms. The first kappa shape index (κ1) is 13.2. The molecular formula is C13H17ClN2O2. The van der Waals surface area contributed by atoms with Crippen molar-refractivity contribution in [3.05, 3.63) is 28.8 Å².